The zero-order chi connectivity index (χ0) is 15.9. The molecule has 0 aliphatic carbocycles. The van der Waals surface area contributed by atoms with Gasteiger partial charge in [-0.05, 0) is 40.5 Å². The molecule has 0 radical (unpaired) electrons. The van der Waals surface area contributed by atoms with Gasteiger partial charge < -0.3 is 19.0 Å². The van der Waals surface area contributed by atoms with E-state index in [2.05, 4.69) is 5.43 Å². The zero-order valence-corrected chi connectivity index (χ0v) is 14.6. The fourth-order valence-corrected chi connectivity index (χ4v) is 5.09. The van der Waals surface area contributed by atoms with Crippen LogP contribution in [0, 0.1) is 0 Å². The Morgan fingerprint density at radius 3 is 2.24 bits per heavy atom. The van der Waals surface area contributed by atoms with E-state index in [9.17, 15) is 4.79 Å². The van der Waals surface area contributed by atoms with Crippen LogP contribution in [-0.4, -0.2) is 57.8 Å². The number of nitrogens with one attached hydrogen (secondary N) is 1. The molecule has 0 aromatic heterocycles. The van der Waals surface area contributed by atoms with Crippen LogP contribution < -0.4 is 11.2 Å². The van der Waals surface area contributed by atoms with Crippen molar-refractivity contribution in [1.82, 2.24) is 10.4 Å². The molecule has 1 saturated heterocycles. The average molecular weight is 319 g/mol. The van der Waals surface area contributed by atoms with E-state index in [0.29, 0.717) is 19.8 Å². The number of carbonyl (C=O) groups excluding carboxylic acids is 1. The molecule has 21 heavy (non-hydrogen) atoms. The van der Waals surface area contributed by atoms with Crippen LogP contribution in [-0.2, 0) is 18.1 Å². The molecule has 1 aliphatic rings. The topological polar surface area (TPSA) is 86.1 Å². The lowest BCUT2D eigenvalue weighted by Crippen LogP contribution is -2.62. The van der Waals surface area contributed by atoms with Crippen molar-refractivity contribution < 1.29 is 18.1 Å². The Hall–Kier alpha value is -0.353. The Kier molecular flexibility index (Phi) is 7.96. The molecule has 7 nitrogen and oxygen atoms in total. The number of nitrogens with zero attached hydrogens (tertiary/aromatic N) is 1. The van der Waals surface area contributed by atoms with Crippen molar-refractivity contribution in [2.45, 2.75) is 52.7 Å². The lowest BCUT2D eigenvalue weighted by Gasteiger charge is -2.33. The van der Waals surface area contributed by atoms with Crippen LogP contribution in [0.2, 0.25) is 0 Å². The summed E-state index contributed by atoms with van der Waals surface area (Å²) in [6, 6.07) is -0.299. The third kappa shape index (κ3) is 4.81. The van der Waals surface area contributed by atoms with Crippen LogP contribution in [0.1, 0.15) is 40.5 Å². The second-order valence-electron chi connectivity index (χ2n) is 4.99. The standard InChI is InChI=1S/C13H29N3O4Si/c1-5-18-21(19-6-2,20-7-3)13(17)12-9-8-10-16(12)15-11(4)14/h11-12,15H,5-10,14H2,1-4H3. The van der Waals surface area contributed by atoms with Crippen LogP contribution in [0.4, 0.5) is 0 Å². The molecule has 8 heteroatoms. The summed E-state index contributed by atoms with van der Waals surface area (Å²) in [5.41, 5.74) is 8.89. The molecule has 3 N–H and O–H groups in total. The third-order valence-electron chi connectivity index (χ3n) is 3.23. The van der Waals surface area contributed by atoms with Crippen molar-refractivity contribution in [3.63, 3.8) is 0 Å². The largest absolute Gasteiger partial charge is 0.576 e. The minimum absolute atomic E-state index is 0.0706. The Morgan fingerprint density at radius 1 is 1.29 bits per heavy atom. The highest BCUT2D eigenvalue weighted by molar-refractivity contribution is 6.93. The van der Waals surface area contributed by atoms with Gasteiger partial charge in [0.1, 0.15) is 0 Å². The maximum Gasteiger partial charge on any atom is 0.576 e. The number of carbonyl (C=O) groups is 1. The van der Waals surface area contributed by atoms with E-state index in [1.54, 1.807) is 0 Å². The number of hydrazine groups is 1. The minimum Gasteiger partial charge on any atom is -0.369 e. The molecule has 0 aromatic rings. The van der Waals surface area contributed by atoms with Crippen molar-refractivity contribution >= 4 is 14.2 Å². The molecule has 1 aliphatic heterocycles. The second-order valence-corrected chi connectivity index (χ2v) is 7.46. The van der Waals surface area contributed by atoms with Crippen LogP contribution in [0.5, 0.6) is 0 Å². The highest BCUT2D eigenvalue weighted by atomic mass is 28.4. The highest BCUT2D eigenvalue weighted by Crippen LogP contribution is 2.23. The summed E-state index contributed by atoms with van der Waals surface area (Å²) in [5.74, 6) is 0. The second kappa shape index (κ2) is 8.94. The van der Waals surface area contributed by atoms with Crippen LogP contribution in [0.3, 0.4) is 0 Å². The van der Waals surface area contributed by atoms with Crippen molar-refractivity contribution in [3.8, 4) is 0 Å². The monoisotopic (exact) mass is 319 g/mol. The van der Waals surface area contributed by atoms with Gasteiger partial charge in [-0.3, -0.25) is 4.79 Å². The molecule has 0 amide bonds. The first-order valence-electron chi connectivity index (χ1n) is 7.75. The van der Waals surface area contributed by atoms with Crippen LogP contribution in [0.15, 0.2) is 0 Å². The third-order valence-corrected chi connectivity index (χ3v) is 6.17. The normalized spacial score (nSPS) is 21.7. The molecule has 1 fully saturated rings. The van der Waals surface area contributed by atoms with Crippen molar-refractivity contribution in [2.75, 3.05) is 26.4 Å². The van der Waals surface area contributed by atoms with Gasteiger partial charge in [0, 0.05) is 26.4 Å². The Balaban J connectivity index is 2.91. The van der Waals surface area contributed by atoms with E-state index in [1.165, 1.54) is 0 Å². The van der Waals surface area contributed by atoms with E-state index in [-0.39, 0.29) is 17.6 Å². The van der Waals surface area contributed by atoms with Gasteiger partial charge in [0.2, 0.25) is 5.41 Å². The summed E-state index contributed by atoms with van der Waals surface area (Å²) in [7, 11) is -3.32. The zero-order valence-electron chi connectivity index (χ0n) is 13.6. The highest BCUT2D eigenvalue weighted by Gasteiger charge is 2.54. The van der Waals surface area contributed by atoms with Crippen molar-refractivity contribution in [3.05, 3.63) is 0 Å². The molecular formula is C13H29N3O4Si. The van der Waals surface area contributed by atoms with E-state index in [0.717, 1.165) is 19.4 Å². The maximum absolute atomic E-state index is 13.0. The number of hydrogen-bond donors (Lipinski definition) is 2. The van der Waals surface area contributed by atoms with Gasteiger partial charge in [-0.15, -0.1) is 0 Å². The molecule has 2 atom stereocenters. The summed E-state index contributed by atoms with van der Waals surface area (Å²) < 4.78 is 17.1. The summed E-state index contributed by atoms with van der Waals surface area (Å²) >= 11 is 0. The predicted molar refractivity (Wildman–Crippen MR) is 82.2 cm³/mol. The predicted octanol–water partition coefficient (Wildman–Crippen LogP) is 0.417. The molecule has 2 unspecified atom stereocenters. The van der Waals surface area contributed by atoms with Gasteiger partial charge in [0.05, 0.1) is 12.2 Å². The van der Waals surface area contributed by atoms with Gasteiger partial charge in [-0.25, -0.2) is 10.4 Å². The van der Waals surface area contributed by atoms with E-state index < -0.39 is 8.80 Å². The first-order valence-corrected chi connectivity index (χ1v) is 9.47. The van der Waals surface area contributed by atoms with Crippen LogP contribution >= 0.6 is 0 Å². The van der Waals surface area contributed by atoms with Crippen molar-refractivity contribution in [1.29, 1.82) is 0 Å². The lowest BCUT2D eigenvalue weighted by molar-refractivity contribution is -0.124. The summed E-state index contributed by atoms with van der Waals surface area (Å²) in [5, 5.41) is 1.82. The number of nitrogens with two attached hydrogens (primary N) is 1. The smallest absolute Gasteiger partial charge is 0.369 e. The molecule has 0 bridgehead atoms. The van der Waals surface area contributed by atoms with Gasteiger partial charge in [-0.2, -0.15) is 0 Å². The maximum atomic E-state index is 13.0. The Labute approximate surface area is 128 Å². The molecule has 124 valence electrons. The summed E-state index contributed by atoms with van der Waals surface area (Å²) in [6.45, 7) is 9.35. The first-order chi connectivity index (χ1) is 10.0. The molecule has 0 spiro atoms. The fourth-order valence-electron chi connectivity index (χ4n) is 2.57. The first kappa shape index (κ1) is 18.7. The van der Waals surface area contributed by atoms with Crippen molar-refractivity contribution in [2.24, 2.45) is 5.73 Å². The van der Waals surface area contributed by atoms with Crippen LogP contribution in [0.25, 0.3) is 0 Å². The summed E-state index contributed by atoms with van der Waals surface area (Å²) in [6.07, 6.45) is 1.49. The molecule has 1 heterocycles. The lowest BCUT2D eigenvalue weighted by atomic mass is 10.2. The molecule has 0 aromatic carbocycles. The fraction of sp³-hybridized carbons (Fsp3) is 0.923. The minimum atomic E-state index is -3.32. The Morgan fingerprint density at radius 2 is 1.81 bits per heavy atom. The van der Waals surface area contributed by atoms with Gasteiger partial charge in [0.15, 0.2) is 0 Å². The van der Waals surface area contributed by atoms with E-state index in [4.69, 9.17) is 19.0 Å². The molecular weight excluding hydrogens is 290 g/mol. The SMILES string of the molecule is CCO[Si](OCC)(OCC)C(=O)C1CCCN1NC(C)N. The molecule has 1 rings (SSSR count). The number of rotatable bonds is 10. The van der Waals surface area contributed by atoms with Gasteiger partial charge >= 0.3 is 8.80 Å². The van der Waals surface area contributed by atoms with E-state index >= 15 is 0 Å². The van der Waals surface area contributed by atoms with Gasteiger partial charge in [-0.1, -0.05) is 0 Å². The van der Waals surface area contributed by atoms with E-state index in [1.807, 2.05) is 32.7 Å². The summed E-state index contributed by atoms with van der Waals surface area (Å²) in [4.78, 5) is 13.0. The molecule has 0 saturated carbocycles. The Bertz CT molecular complexity index is 314. The average Bonchev–Trinajstić information content (AvgIpc) is 2.85. The van der Waals surface area contributed by atoms with Gasteiger partial charge in [0.25, 0.3) is 0 Å². The number of hydrogen-bond acceptors (Lipinski definition) is 7. The quantitative estimate of drug-likeness (QED) is 0.446.